The predicted octanol–water partition coefficient (Wildman–Crippen LogP) is 1.42. The molecule has 0 saturated carbocycles. The molecule has 0 aromatic carbocycles. The molecular weight excluding hydrogens is 168 g/mol. The summed E-state index contributed by atoms with van der Waals surface area (Å²) in [6, 6.07) is 0. The summed E-state index contributed by atoms with van der Waals surface area (Å²) in [7, 11) is 0. The molecule has 1 atom stereocenters. The van der Waals surface area contributed by atoms with Gasteiger partial charge in [-0.1, -0.05) is 19.9 Å². The molecule has 0 heterocycles. The second kappa shape index (κ2) is 6.46. The first-order valence-corrected chi connectivity index (χ1v) is 4.34. The molecule has 1 unspecified atom stereocenters. The smallest absolute Gasteiger partial charge is 0.339 e. The largest absolute Gasteiger partial charge is 0.464 e. The molecule has 1 N–H and O–H groups in total. The van der Waals surface area contributed by atoms with Crippen molar-refractivity contribution in [2.24, 2.45) is 0 Å². The number of rotatable bonds is 5. The Bertz CT molecular complexity index is 214. The van der Waals surface area contributed by atoms with Crippen molar-refractivity contribution in [3.8, 4) is 0 Å². The zero-order chi connectivity index (χ0) is 10.3. The van der Waals surface area contributed by atoms with Gasteiger partial charge in [0.1, 0.15) is 0 Å². The molecule has 0 aliphatic rings. The van der Waals surface area contributed by atoms with Gasteiger partial charge in [-0.25, -0.2) is 4.79 Å². The number of carbonyl (C=O) groups excluding carboxylic acids is 1. The van der Waals surface area contributed by atoms with Crippen molar-refractivity contribution in [3.63, 3.8) is 0 Å². The quantitative estimate of drug-likeness (QED) is 0.399. The van der Waals surface area contributed by atoms with Crippen LogP contribution < -0.4 is 0 Å². The summed E-state index contributed by atoms with van der Waals surface area (Å²) in [5.41, 5.74) is 2.84. The lowest BCUT2D eigenvalue weighted by Gasteiger charge is -2.08. The molecule has 0 aliphatic heterocycles. The molecule has 3 heteroatoms. The van der Waals surface area contributed by atoms with Gasteiger partial charge in [-0.05, 0) is 13.3 Å². The Labute approximate surface area is 78.7 Å². The van der Waals surface area contributed by atoms with Crippen LogP contribution in [0.4, 0.5) is 0 Å². The van der Waals surface area contributed by atoms with Crippen molar-refractivity contribution in [1.82, 2.24) is 0 Å². The van der Waals surface area contributed by atoms with Crippen LogP contribution in [0.3, 0.4) is 0 Å². The van der Waals surface area contributed by atoms with Crippen LogP contribution in [-0.4, -0.2) is 23.8 Å². The molecule has 0 aliphatic carbocycles. The van der Waals surface area contributed by atoms with Crippen LogP contribution >= 0.6 is 0 Å². The molecule has 0 amide bonds. The molecule has 0 spiro atoms. The maximum atomic E-state index is 11.1. The first-order chi connectivity index (χ1) is 6.13. The zero-order valence-electron chi connectivity index (χ0n) is 8.17. The van der Waals surface area contributed by atoms with Gasteiger partial charge in [0.2, 0.25) is 0 Å². The molecule has 0 aromatic rings. The monoisotopic (exact) mass is 184 g/mol. The number of esters is 1. The highest BCUT2D eigenvalue weighted by Gasteiger charge is 2.17. The normalized spacial score (nSPS) is 11.6. The Morgan fingerprint density at radius 1 is 1.69 bits per heavy atom. The molecule has 0 fully saturated rings. The van der Waals surface area contributed by atoms with Crippen LogP contribution in [0.5, 0.6) is 0 Å². The van der Waals surface area contributed by atoms with E-state index in [1.165, 1.54) is 0 Å². The highest BCUT2D eigenvalue weighted by atomic mass is 16.5. The Morgan fingerprint density at radius 2 is 2.31 bits per heavy atom. The number of unbranched alkanes of at least 4 members (excludes halogenated alkanes) is 1. The van der Waals surface area contributed by atoms with Gasteiger partial charge in [0.25, 0.3) is 0 Å². The Kier molecular flexibility index (Phi) is 5.94. The first-order valence-electron chi connectivity index (χ1n) is 4.34. The molecule has 0 rings (SSSR count). The minimum atomic E-state index is -1.21. The fraction of sp³-hybridized carbons (Fsp3) is 0.600. The van der Waals surface area contributed by atoms with Gasteiger partial charge < -0.3 is 9.84 Å². The summed E-state index contributed by atoms with van der Waals surface area (Å²) in [6.45, 7) is 7.27. The summed E-state index contributed by atoms with van der Waals surface area (Å²) in [5, 5.41) is 9.27. The van der Waals surface area contributed by atoms with E-state index in [1.807, 2.05) is 6.92 Å². The van der Waals surface area contributed by atoms with Gasteiger partial charge in [0.15, 0.2) is 6.10 Å². The number of hydrogen-bond donors (Lipinski definition) is 1. The highest BCUT2D eigenvalue weighted by molar-refractivity contribution is 5.77. The summed E-state index contributed by atoms with van der Waals surface area (Å²) in [4.78, 5) is 11.1. The van der Waals surface area contributed by atoms with E-state index >= 15 is 0 Å². The van der Waals surface area contributed by atoms with Gasteiger partial charge >= 0.3 is 5.97 Å². The lowest BCUT2D eigenvalue weighted by molar-refractivity contribution is -0.151. The van der Waals surface area contributed by atoms with Gasteiger partial charge in [0, 0.05) is 5.57 Å². The maximum Gasteiger partial charge on any atom is 0.339 e. The number of hydrogen-bond acceptors (Lipinski definition) is 3. The van der Waals surface area contributed by atoms with Crippen LogP contribution in [0.1, 0.15) is 26.7 Å². The van der Waals surface area contributed by atoms with Gasteiger partial charge in [-0.15, -0.1) is 5.73 Å². The molecule has 0 saturated heterocycles. The third-order valence-corrected chi connectivity index (χ3v) is 1.65. The van der Waals surface area contributed by atoms with Crippen LogP contribution in [0.2, 0.25) is 0 Å². The fourth-order valence-electron chi connectivity index (χ4n) is 0.669. The average molecular weight is 184 g/mol. The van der Waals surface area contributed by atoms with Crippen molar-refractivity contribution in [2.75, 3.05) is 6.61 Å². The topological polar surface area (TPSA) is 46.5 Å². The maximum absolute atomic E-state index is 11.1. The van der Waals surface area contributed by atoms with Crippen LogP contribution in [0.25, 0.3) is 0 Å². The molecule has 74 valence electrons. The fourth-order valence-corrected chi connectivity index (χ4v) is 0.669. The van der Waals surface area contributed by atoms with E-state index in [9.17, 15) is 9.90 Å². The van der Waals surface area contributed by atoms with Crippen molar-refractivity contribution in [2.45, 2.75) is 32.8 Å². The zero-order valence-corrected chi connectivity index (χ0v) is 8.17. The Hall–Kier alpha value is -1.05. The highest BCUT2D eigenvalue weighted by Crippen LogP contribution is 2.01. The molecular formula is C10H16O3. The Balaban J connectivity index is 3.90. The Morgan fingerprint density at radius 3 is 2.77 bits per heavy atom. The van der Waals surface area contributed by atoms with Gasteiger partial charge in [0.05, 0.1) is 6.61 Å². The lowest BCUT2D eigenvalue weighted by atomic mass is 10.2. The van der Waals surface area contributed by atoms with E-state index in [2.05, 4.69) is 12.3 Å². The van der Waals surface area contributed by atoms with E-state index in [1.54, 1.807) is 6.92 Å². The standard InChI is InChI=1S/C10H16O3/c1-4-6-7-13-10(12)9(11)8(3)5-2/h9,11H,2,4,6-7H2,1,3H3. The minimum absolute atomic E-state index is 0.358. The summed E-state index contributed by atoms with van der Waals surface area (Å²) < 4.78 is 4.79. The van der Waals surface area contributed by atoms with Crippen LogP contribution in [-0.2, 0) is 9.53 Å². The third kappa shape index (κ3) is 4.51. The second-order valence-corrected chi connectivity index (χ2v) is 2.78. The van der Waals surface area contributed by atoms with E-state index in [4.69, 9.17) is 4.74 Å². The van der Waals surface area contributed by atoms with Crippen LogP contribution in [0.15, 0.2) is 17.9 Å². The van der Waals surface area contributed by atoms with Gasteiger partial charge in [-0.2, -0.15) is 0 Å². The SMILES string of the molecule is C=C=C(C)C(O)C(=O)OCCCC. The molecule has 0 radical (unpaired) electrons. The number of aliphatic hydroxyl groups is 1. The minimum Gasteiger partial charge on any atom is -0.464 e. The molecule has 0 bridgehead atoms. The summed E-state index contributed by atoms with van der Waals surface area (Å²) in [6.07, 6.45) is 0.559. The van der Waals surface area contributed by atoms with E-state index < -0.39 is 12.1 Å². The molecule has 0 aromatic heterocycles. The van der Waals surface area contributed by atoms with Crippen molar-refractivity contribution in [1.29, 1.82) is 0 Å². The predicted molar refractivity (Wildman–Crippen MR) is 50.2 cm³/mol. The third-order valence-electron chi connectivity index (χ3n) is 1.65. The number of aliphatic hydroxyl groups excluding tert-OH is 1. The summed E-state index contributed by atoms with van der Waals surface area (Å²) >= 11 is 0. The molecule has 13 heavy (non-hydrogen) atoms. The van der Waals surface area contributed by atoms with Gasteiger partial charge in [-0.3, -0.25) is 0 Å². The van der Waals surface area contributed by atoms with Crippen molar-refractivity contribution >= 4 is 5.97 Å². The number of ether oxygens (including phenoxy) is 1. The first kappa shape index (κ1) is 11.9. The van der Waals surface area contributed by atoms with E-state index in [0.29, 0.717) is 12.2 Å². The molecule has 3 nitrogen and oxygen atoms in total. The van der Waals surface area contributed by atoms with Crippen molar-refractivity contribution < 1.29 is 14.6 Å². The van der Waals surface area contributed by atoms with Crippen LogP contribution in [0, 0.1) is 0 Å². The van der Waals surface area contributed by atoms with E-state index in [0.717, 1.165) is 12.8 Å². The number of carbonyl (C=O) groups is 1. The second-order valence-electron chi connectivity index (χ2n) is 2.78. The van der Waals surface area contributed by atoms with E-state index in [-0.39, 0.29) is 0 Å². The average Bonchev–Trinajstić information content (AvgIpc) is 2.15. The lowest BCUT2D eigenvalue weighted by Crippen LogP contribution is -2.24. The van der Waals surface area contributed by atoms with Crippen molar-refractivity contribution in [3.05, 3.63) is 17.9 Å². The summed E-state index contributed by atoms with van der Waals surface area (Å²) in [5.74, 6) is -0.623.